The molecule has 0 heterocycles. The Morgan fingerprint density at radius 1 is 1.20 bits per heavy atom. The highest BCUT2D eigenvalue weighted by atomic mass is 16.5. The molecule has 0 aliphatic heterocycles. The van der Waals surface area contributed by atoms with Gasteiger partial charge in [0.2, 0.25) is 0 Å². The first-order valence-corrected chi connectivity index (χ1v) is 7.48. The molecule has 0 amide bonds. The van der Waals surface area contributed by atoms with E-state index in [-0.39, 0.29) is 0 Å². The topological polar surface area (TPSA) is 24.5 Å². The molecule has 3 nitrogen and oxygen atoms in total. The summed E-state index contributed by atoms with van der Waals surface area (Å²) in [6, 6.07) is 4.94. The molecule has 1 aromatic rings. The molecule has 0 aromatic heterocycles. The van der Waals surface area contributed by atoms with Crippen LogP contribution in [0.2, 0.25) is 0 Å². The van der Waals surface area contributed by atoms with Gasteiger partial charge in [-0.05, 0) is 51.1 Å². The summed E-state index contributed by atoms with van der Waals surface area (Å²) >= 11 is 0. The number of nitrogens with zero attached hydrogens (tertiary/aromatic N) is 1. The van der Waals surface area contributed by atoms with Crippen LogP contribution in [-0.4, -0.2) is 45.3 Å². The van der Waals surface area contributed by atoms with Crippen LogP contribution in [0.25, 0.3) is 0 Å². The Kier molecular flexibility index (Phi) is 7.20. The molecular weight excluding hydrogens is 248 g/mol. The molecule has 0 bridgehead atoms. The second-order valence-electron chi connectivity index (χ2n) is 5.68. The van der Waals surface area contributed by atoms with E-state index in [1.54, 1.807) is 7.11 Å². The number of hydrogen-bond acceptors (Lipinski definition) is 3. The molecule has 0 saturated heterocycles. The van der Waals surface area contributed by atoms with Gasteiger partial charge in [-0.1, -0.05) is 24.6 Å². The van der Waals surface area contributed by atoms with Crippen molar-refractivity contribution in [2.45, 2.75) is 33.7 Å². The Balaban J connectivity index is 2.90. The van der Waals surface area contributed by atoms with Crippen molar-refractivity contribution in [2.75, 3.05) is 40.4 Å². The van der Waals surface area contributed by atoms with Gasteiger partial charge in [0.25, 0.3) is 0 Å². The van der Waals surface area contributed by atoms with Crippen LogP contribution in [0.4, 0.5) is 0 Å². The van der Waals surface area contributed by atoms with Crippen molar-refractivity contribution in [2.24, 2.45) is 0 Å². The lowest BCUT2D eigenvalue weighted by Crippen LogP contribution is -2.35. The van der Waals surface area contributed by atoms with Gasteiger partial charge in [-0.25, -0.2) is 0 Å². The fourth-order valence-electron chi connectivity index (χ4n) is 2.90. The Morgan fingerprint density at radius 3 is 2.30 bits per heavy atom. The van der Waals surface area contributed by atoms with Crippen LogP contribution in [-0.2, 0) is 4.74 Å². The average Bonchev–Trinajstić information content (AvgIpc) is 2.35. The van der Waals surface area contributed by atoms with Crippen molar-refractivity contribution in [1.29, 1.82) is 0 Å². The van der Waals surface area contributed by atoms with Crippen molar-refractivity contribution < 1.29 is 4.74 Å². The van der Waals surface area contributed by atoms with E-state index >= 15 is 0 Å². The van der Waals surface area contributed by atoms with Gasteiger partial charge in [0.1, 0.15) is 0 Å². The van der Waals surface area contributed by atoms with Gasteiger partial charge >= 0.3 is 0 Å². The molecule has 0 radical (unpaired) electrons. The predicted octanol–water partition coefficient (Wildman–Crippen LogP) is 2.84. The molecule has 1 unspecified atom stereocenters. The Hall–Kier alpha value is -0.900. The molecule has 1 aromatic carbocycles. The maximum Gasteiger partial charge on any atom is 0.0589 e. The molecule has 0 spiro atoms. The summed E-state index contributed by atoms with van der Waals surface area (Å²) < 4.78 is 5.16. The van der Waals surface area contributed by atoms with E-state index in [9.17, 15) is 0 Å². The second kappa shape index (κ2) is 8.40. The van der Waals surface area contributed by atoms with E-state index in [2.05, 4.69) is 57.1 Å². The summed E-state index contributed by atoms with van der Waals surface area (Å²) in [6.07, 6.45) is 0. The summed E-state index contributed by atoms with van der Waals surface area (Å²) in [7, 11) is 3.91. The van der Waals surface area contributed by atoms with Crippen LogP contribution >= 0.6 is 0 Å². The van der Waals surface area contributed by atoms with Gasteiger partial charge < -0.3 is 15.0 Å². The SMILES string of the molecule is CCNC(CN(C)CCOC)c1c(C)cc(C)cc1C. The smallest absolute Gasteiger partial charge is 0.0589 e. The highest BCUT2D eigenvalue weighted by Gasteiger charge is 2.17. The van der Waals surface area contributed by atoms with E-state index in [0.717, 1.165) is 26.2 Å². The Morgan fingerprint density at radius 2 is 1.80 bits per heavy atom. The standard InChI is InChI=1S/C17H30N2O/c1-7-18-16(12-19(5)8-9-20-6)17-14(3)10-13(2)11-15(17)4/h10-11,16,18H,7-9,12H2,1-6H3. The normalized spacial score (nSPS) is 12.9. The summed E-state index contributed by atoms with van der Waals surface area (Å²) in [5.41, 5.74) is 5.55. The minimum atomic E-state index is 0.377. The van der Waals surface area contributed by atoms with Crippen LogP contribution in [0, 0.1) is 20.8 Å². The first-order chi connectivity index (χ1) is 9.49. The quantitative estimate of drug-likeness (QED) is 0.791. The van der Waals surface area contributed by atoms with Crippen LogP contribution in [0.3, 0.4) is 0 Å². The number of nitrogens with one attached hydrogen (secondary N) is 1. The van der Waals surface area contributed by atoms with E-state index in [1.165, 1.54) is 22.3 Å². The van der Waals surface area contributed by atoms with Crippen LogP contribution in [0.15, 0.2) is 12.1 Å². The maximum absolute atomic E-state index is 5.16. The summed E-state index contributed by atoms with van der Waals surface area (Å²) in [5.74, 6) is 0. The average molecular weight is 278 g/mol. The first-order valence-electron chi connectivity index (χ1n) is 7.48. The molecule has 1 N–H and O–H groups in total. The van der Waals surface area contributed by atoms with E-state index in [4.69, 9.17) is 4.74 Å². The van der Waals surface area contributed by atoms with Crippen LogP contribution < -0.4 is 5.32 Å². The van der Waals surface area contributed by atoms with Gasteiger partial charge in [0, 0.05) is 26.2 Å². The Bertz CT molecular complexity index is 394. The first kappa shape index (κ1) is 17.2. The van der Waals surface area contributed by atoms with Gasteiger partial charge in [-0.15, -0.1) is 0 Å². The summed E-state index contributed by atoms with van der Waals surface area (Å²) in [4.78, 5) is 2.33. The zero-order chi connectivity index (χ0) is 15.1. The zero-order valence-corrected chi connectivity index (χ0v) is 13.9. The minimum absolute atomic E-state index is 0.377. The molecule has 114 valence electrons. The number of aryl methyl sites for hydroxylation is 3. The van der Waals surface area contributed by atoms with E-state index < -0.39 is 0 Å². The largest absolute Gasteiger partial charge is 0.383 e. The fraction of sp³-hybridized carbons (Fsp3) is 0.647. The third-order valence-corrected chi connectivity index (χ3v) is 3.71. The van der Waals surface area contributed by atoms with Gasteiger partial charge in [-0.3, -0.25) is 0 Å². The molecule has 0 aliphatic rings. The van der Waals surface area contributed by atoms with Crippen molar-refractivity contribution in [3.05, 3.63) is 34.4 Å². The zero-order valence-electron chi connectivity index (χ0n) is 13.9. The molecule has 0 aliphatic carbocycles. The molecule has 20 heavy (non-hydrogen) atoms. The maximum atomic E-state index is 5.16. The van der Waals surface area contributed by atoms with E-state index in [1.807, 2.05) is 0 Å². The van der Waals surface area contributed by atoms with Crippen LogP contribution in [0.1, 0.15) is 35.2 Å². The molecule has 3 heteroatoms. The Labute approximate surface area is 124 Å². The van der Waals surface area contributed by atoms with Gasteiger partial charge in [0.15, 0.2) is 0 Å². The number of ether oxygens (including phenoxy) is 1. The molecule has 1 rings (SSSR count). The second-order valence-corrected chi connectivity index (χ2v) is 5.68. The highest BCUT2D eigenvalue weighted by molar-refractivity contribution is 5.39. The van der Waals surface area contributed by atoms with Crippen molar-refractivity contribution in [1.82, 2.24) is 10.2 Å². The number of hydrogen-bond donors (Lipinski definition) is 1. The lowest BCUT2D eigenvalue weighted by molar-refractivity contribution is 0.155. The van der Waals surface area contributed by atoms with Crippen molar-refractivity contribution in [3.63, 3.8) is 0 Å². The molecule has 0 saturated carbocycles. The minimum Gasteiger partial charge on any atom is -0.383 e. The van der Waals surface area contributed by atoms with E-state index in [0.29, 0.717) is 6.04 Å². The van der Waals surface area contributed by atoms with Gasteiger partial charge in [0.05, 0.1) is 6.61 Å². The van der Waals surface area contributed by atoms with Crippen molar-refractivity contribution in [3.8, 4) is 0 Å². The lowest BCUT2D eigenvalue weighted by Gasteiger charge is -2.27. The third-order valence-electron chi connectivity index (χ3n) is 3.71. The molecule has 0 fully saturated rings. The monoisotopic (exact) mass is 278 g/mol. The van der Waals surface area contributed by atoms with Gasteiger partial charge in [-0.2, -0.15) is 0 Å². The number of methoxy groups -OCH3 is 1. The summed E-state index contributed by atoms with van der Waals surface area (Å²) in [6.45, 7) is 12.5. The summed E-state index contributed by atoms with van der Waals surface area (Å²) in [5, 5.41) is 3.62. The number of likely N-dealkylation sites (N-methyl/N-ethyl adjacent to an activating group) is 2. The number of benzene rings is 1. The highest BCUT2D eigenvalue weighted by Crippen LogP contribution is 2.24. The molecule has 1 atom stereocenters. The lowest BCUT2D eigenvalue weighted by atomic mass is 9.93. The third kappa shape index (κ3) is 4.89. The van der Waals surface area contributed by atoms with Crippen molar-refractivity contribution >= 4 is 0 Å². The molecular formula is C17H30N2O. The fourth-order valence-corrected chi connectivity index (χ4v) is 2.90. The van der Waals surface area contributed by atoms with Crippen LogP contribution in [0.5, 0.6) is 0 Å². The predicted molar refractivity (Wildman–Crippen MR) is 86.4 cm³/mol. The number of rotatable bonds is 8.